The van der Waals surface area contributed by atoms with Gasteiger partial charge in [0.1, 0.15) is 0 Å². The summed E-state index contributed by atoms with van der Waals surface area (Å²) in [6, 6.07) is 25.1. The van der Waals surface area contributed by atoms with E-state index in [1.807, 2.05) is 24.3 Å². The van der Waals surface area contributed by atoms with Crippen LogP contribution in [-0.4, -0.2) is 0 Å². The minimum absolute atomic E-state index is 0.109. The summed E-state index contributed by atoms with van der Waals surface area (Å²) in [7, 11) is 0. The molecule has 0 aliphatic heterocycles. The smallest absolute Gasteiger partial charge is 0.0355 e. The van der Waals surface area contributed by atoms with Crippen molar-refractivity contribution in [3.05, 3.63) is 95.1 Å². The lowest BCUT2D eigenvalue weighted by atomic mass is 9.73. The molecule has 0 atom stereocenters. The van der Waals surface area contributed by atoms with Crippen molar-refractivity contribution in [2.24, 2.45) is 0 Å². The van der Waals surface area contributed by atoms with Crippen LogP contribution < -0.4 is 11.5 Å². The Labute approximate surface area is 156 Å². The lowest BCUT2D eigenvalue weighted by Gasteiger charge is -2.31. The van der Waals surface area contributed by atoms with Crippen LogP contribution in [0.5, 0.6) is 0 Å². The molecule has 0 fully saturated rings. The maximum atomic E-state index is 6.26. The third-order valence-electron chi connectivity index (χ3n) is 5.57. The molecule has 134 valence electrons. The summed E-state index contributed by atoms with van der Waals surface area (Å²) >= 11 is 0. The standard InChI is InChI=1S/C24H28N2/c1-23(2,17-12-14-20(25)15-13-17)18-8-7-9-19(16-18)24(3,4)21-10-5-6-11-22(21)26/h5-16H,25-26H2,1-4H3. The van der Waals surface area contributed by atoms with Crippen molar-refractivity contribution in [3.63, 3.8) is 0 Å². The normalized spacial score (nSPS) is 12.2. The van der Waals surface area contributed by atoms with Gasteiger partial charge in [-0.1, -0.05) is 82.3 Å². The first-order valence-electron chi connectivity index (χ1n) is 9.05. The van der Waals surface area contributed by atoms with Crippen LogP contribution in [0.25, 0.3) is 0 Å². The fourth-order valence-electron chi connectivity index (χ4n) is 3.58. The Balaban J connectivity index is 2.05. The largest absolute Gasteiger partial charge is 0.399 e. The zero-order valence-electron chi connectivity index (χ0n) is 16.1. The van der Waals surface area contributed by atoms with E-state index in [9.17, 15) is 0 Å². The molecule has 0 aliphatic rings. The average molecular weight is 345 g/mol. The van der Waals surface area contributed by atoms with Gasteiger partial charge in [-0.05, 0) is 40.5 Å². The molecule has 0 aliphatic carbocycles. The Bertz CT molecular complexity index is 906. The van der Waals surface area contributed by atoms with Crippen molar-refractivity contribution < 1.29 is 0 Å². The van der Waals surface area contributed by atoms with Crippen LogP contribution in [0.1, 0.15) is 49.9 Å². The highest BCUT2D eigenvalue weighted by Gasteiger charge is 2.28. The Morgan fingerprint density at radius 2 is 1.15 bits per heavy atom. The summed E-state index contributed by atoms with van der Waals surface area (Å²) in [5.74, 6) is 0. The molecule has 2 nitrogen and oxygen atoms in total. The molecule has 0 spiro atoms. The van der Waals surface area contributed by atoms with Gasteiger partial charge in [-0.3, -0.25) is 0 Å². The van der Waals surface area contributed by atoms with E-state index < -0.39 is 0 Å². The average Bonchev–Trinajstić information content (AvgIpc) is 2.62. The summed E-state index contributed by atoms with van der Waals surface area (Å²) in [6.07, 6.45) is 0. The minimum atomic E-state index is -0.168. The quantitative estimate of drug-likeness (QED) is 0.614. The molecule has 0 aromatic heterocycles. The van der Waals surface area contributed by atoms with Crippen LogP contribution in [0.2, 0.25) is 0 Å². The summed E-state index contributed by atoms with van der Waals surface area (Å²) in [5.41, 5.74) is 18.4. The van der Waals surface area contributed by atoms with Crippen LogP contribution in [0.4, 0.5) is 11.4 Å². The van der Waals surface area contributed by atoms with E-state index in [-0.39, 0.29) is 10.8 Å². The monoisotopic (exact) mass is 344 g/mol. The van der Waals surface area contributed by atoms with Gasteiger partial charge in [0.25, 0.3) is 0 Å². The van der Waals surface area contributed by atoms with Crippen molar-refractivity contribution in [1.29, 1.82) is 0 Å². The molecule has 3 aromatic rings. The van der Waals surface area contributed by atoms with E-state index in [0.29, 0.717) is 0 Å². The second-order valence-corrected chi connectivity index (χ2v) is 8.04. The maximum absolute atomic E-state index is 6.26. The molecule has 2 heteroatoms. The summed E-state index contributed by atoms with van der Waals surface area (Å²) in [5, 5.41) is 0. The molecule has 0 radical (unpaired) electrons. The summed E-state index contributed by atoms with van der Waals surface area (Å²) in [6.45, 7) is 8.96. The third kappa shape index (κ3) is 3.20. The number of para-hydroxylation sites is 1. The van der Waals surface area contributed by atoms with Gasteiger partial charge < -0.3 is 11.5 Å². The van der Waals surface area contributed by atoms with E-state index in [4.69, 9.17) is 11.5 Å². The highest BCUT2D eigenvalue weighted by Crippen LogP contribution is 2.38. The Kier molecular flexibility index (Phi) is 4.53. The predicted molar refractivity (Wildman–Crippen MR) is 112 cm³/mol. The highest BCUT2D eigenvalue weighted by molar-refractivity contribution is 5.55. The number of nitrogen functional groups attached to an aromatic ring is 2. The fourth-order valence-corrected chi connectivity index (χ4v) is 3.58. The Morgan fingerprint density at radius 1 is 0.577 bits per heavy atom. The van der Waals surface area contributed by atoms with Gasteiger partial charge in [0, 0.05) is 22.2 Å². The van der Waals surface area contributed by atoms with Crippen molar-refractivity contribution in [1.82, 2.24) is 0 Å². The Hall–Kier alpha value is -2.74. The van der Waals surface area contributed by atoms with Gasteiger partial charge >= 0.3 is 0 Å². The molecule has 0 unspecified atom stereocenters. The minimum Gasteiger partial charge on any atom is -0.399 e. The molecule has 26 heavy (non-hydrogen) atoms. The molecule has 0 amide bonds. The third-order valence-corrected chi connectivity index (χ3v) is 5.57. The number of anilines is 2. The van der Waals surface area contributed by atoms with E-state index in [1.165, 1.54) is 16.7 Å². The Morgan fingerprint density at radius 3 is 1.77 bits per heavy atom. The van der Waals surface area contributed by atoms with Gasteiger partial charge in [0.05, 0.1) is 0 Å². The number of hydrogen-bond donors (Lipinski definition) is 2. The van der Waals surface area contributed by atoms with E-state index in [1.54, 1.807) is 0 Å². The van der Waals surface area contributed by atoms with E-state index in [0.717, 1.165) is 16.9 Å². The summed E-state index contributed by atoms with van der Waals surface area (Å²) < 4.78 is 0. The van der Waals surface area contributed by atoms with Crippen molar-refractivity contribution in [2.75, 3.05) is 11.5 Å². The van der Waals surface area contributed by atoms with Crippen LogP contribution in [-0.2, 0) is 10.8 Å². The molecular formula is C24H28N2. The van der Waals surface area contributed by atoms with Gasteiger partial charge in [-0.15, -0.1) is 0 Å². The summed E-state index contributed by atoms with van der Waals surface area (Å²) in [4.78, 5) is 0. The van der Waals surface area contributed by atoms with Crippen molar-refractivity contribution in [2.45, 2.75) is 38.5 Å². The van der Waals surface area contributed by atoms with Crippen molar-refractivity contribution in [3.8, 4) is 0 Å². The molecule has 0 saturated heterocycles. The molecule has 0 heterocycles. The zero-order chi connectivity index (χ0) is 18.9. The van der Waals surface area contributed by atoms with Crippen LogP contribution in [0.3, 0.4) is 0 Å². The number of benzene rings is 3. The fraction of sp³-hybridized carbons (Fsp3) is 0.250. The van der Waals surface area contributed by atoms with Gasteiger partial charge in [-0.25, -0.2) is 0 Å². The molecule has 3 aromatic carbocycles. The maximum Gasteiger partial charge on any atom is 0.0355 e. The molecule has 0 saturated carbocycles. The van der Waals surface area contributed by atoms with E-state index >= 15 is 0 Å². The zero-order valence-corrected chi connectivity index (χ0v) is 16.1. The van der Waals surface area contributed by atoms with Crippen molar-refractivity contribution >= 4 is 11.4 Å². The van der Waals surface area contributed by atoms with E-state index in [2.05, 4.69) is 76.2 Å². The second kappa shape index (κ2) is 6.53. The van der Waals surface area contributed by atoms with Gasteiger partial charge in [0.2, 0.25) is 0 Å². The lowest BCUT2D eigenvalue weighted by Crippen LogP contribution is -2.23. The van der Waals surface area contributed by atoms with Crippen LogP contribution in [0.15, 0.2) is 72.8 Å². The first-order chi connectivity index (χ1) is 12.2. The van der Waals surface area contributed by atoms with Crippen LogP contribution >= 0.6 is 0 Å². The predicted octanol–water partition coefficient (Wildman–Crippen LogP) is 5.50. The first-order valence-corrected chi connectivity index (χ1v) is 9.05. The first kappa shape index (κ1) is 18.1. The molecule has 4 N–H and O–H groups in total. The number of nitrogens with two attached hydrogens (primary N) is 2. The molecular weight excluding hydrogens is 316 g/mol. The number of hydrogen-bond acceptors (Lipinski definition) is 2. The SMILES string of the molecule is CC(C)(c1ccc(N)cc1)c1cccc(C(C)(C)c2ccccc2N)c1. The number of rotatable bonds is 4. The molecule has 3 rings (SSSR count). The lowest BCUT2D eigenvalue weighted by molar-refractivity contribution is 0.618. The second-order valence-electron chi connectivity index (χ2n) is 8.04. The highest BCUT2D eigenvalue weighted by atomic mass is 14.6. The van der Waals surface area contributed by atoms with Crippen LogP contribution in [0, 0.1) is 0 Å². The van der Waals surface area contributed by atoms with Gasteiger partial charge in [0.15, 0.2) is 0 Å². The molecule has 0 bridgehead atoms. The van der Waals surface area contributed by atoms with Gasteiger partial charge in [-0.2, -0.15) is 0 Å². The topological polar surface area (TPSA) is 52.0 Å².